The zero-order chi connectivity index (χ0) is 8.10. The first-order chi connectivity index (χ1) is 5.47. The summed E-state index contributed by atoms with van der Waals surface area (Å²) in [5.41, 5.74) is 2.69. The zero-order valence-electron chi connectivity index (χ0n) is 6.58. The van der Waals surface area contributed by atoms with Crippen molar-refractivity contribution >= 4 is 0 Å². The lowest BCUT2D eigenvalue weighted by Gasteiger charge is -1.90. The van der Waals surface area contributed by atoms with Crippen molar-refractivity contribution in [3.8, 4) is 0 Å². The molecule has 1 aromatic carbocycles. The van der Waals surface area contributed by atoms with Crippen LogP contribution in [-0.4, -0.2) is 12.2 Å². The Kier molecular flexibility index (Phi) is 3.08. The molecule has 1 N–H and O–H groups in total. The van der Waals surface area contributed by atoms with Crippen molar-refractivity contribution in [2.45, 2.75) is 13.2 Å². The van der Waals surface area contributed by atoms with Crippen LogP contribution in [0, 0.1) is 0 Å². The van der Waals surface area contributed by atoms with Gasteiger partial charge in [0, 0.05) is 7.11 Å². The summed E-state index contributed by atoms with van der Waals surface area (Å²) >= 11 is 0. The maximum atomic E-state index is 7.00. The molecule has 60 valence electrons. The van der Waals surface area contributed by atoms with E-state index < -0.39 is 0 Å². The van der Waals surface area contributed by atoms with Crippen LogP contribution in [0.1, 0.15) is 11.1 Å². The van der Waals surface area contributed by atoms with Gasteiger partial charge in [-0.15, -0.1) is 0 Å². The molecular weight excluding hydrogens is 140 g/mol. The Balaban J connectivity index is 0.000000281. The Morgan fingerprint density at radius 1 is 1.09 bits per heavy atom. The van der Waals surface area contributed by atoms with Crippen LogP contribution in [0.25, 0.3) is 0 Å². The van der Waals surface area contributed by atoms with E-state index in [1.165, 1.54) is 11.1 Å². The van der Waals surface area contributed by atoms with E-state index in [1.54, 1.807) is 0 Å². The van der Waals surface area contributed by atoms with Gasteiger partial charge < -0.3 is 9.84 Å². The molecule has 1 heterocycles. The van der Waals surface area contributed by atoms with Crippen molar-refractivity contribution in [2.24, 2.45) is 0 Å². The number of hydrogen-bond acceptors (Lipinski definition) is 2. The van der Waals surface area contributed by atoms with Gasteiger partial charge >= 0.3 is 0 Å². The second kappa shape index (κ2) is 4.11. The second-order valence-corrected chi connectivity index (χ2v) is 2.26. The molecule has 2 heteroatoms. The Labute approximate surface area is 66.4 Å². The average molecular weight is 152 g/mol. The van der Waals surface area contributed by atoms with Gasteiger partial charge in [0.1, 0.15) is 0 Å². The molecule has 1 aromatic rings. The first-order valence-electron chi connectivity index (χ1n) is 3.56. The molecule has 0 amide bonds. The summed E-state index contributed by atoms with van der Waals surface area (Å²) in [4.78, 5) is 0. The third-order valence-corrected chi connectivity index (χ3v) is 1.63. The molecule has 0 aliphatic carbocycles. The minimum absolute atomic E-state index is 0.802. The van der Waals surface area contributed by atoms with Crippen LogP contribution in [0.5, 0.6) is 0 Å². The molecule has 1 aliphatic rings. The van der Waals surface area contributed by atoms with Crippen LogP contribution in [-0.2, 0) is 18.0 Å². The molecule has 2 rings (SSSR count). The van der Waals surface area contributed by atoms with Gasteiger partial charge in [0.05, 0.1) is 13.2 Å². The van der Waals surface area contributed by atoms with Crippen LogP contribution in [0.4, 0.5) is 0 Å². The van der Waals surface area contributed by atoms with Crippen LogP contribution < -0.4 is 0 Å². The van der Waals surface area contributed by atoms with Crippen molar-refractivity contribution in [3.05, 3.63) is 35.4 Å². The van der Waals surface area contributed by atoms with Crippen molar-refractivity contribution in [3.63, 3.8) is 0 Å². The van der Waals surface area contributed by atoms with E-state index in [0.29, 0.717) is 0 Å². The normalized spacial score (nSPS) is 13.3. The predicted octanol–water partition coefficient (Wildman–Crippen LogP) is 1.33. The first kappa shape index (κ1) is 8.24. The van der Waals surface area contributed by atoms with E-state index in [-0.39, 0.29) is 0 Å². The third-order valence-electron chi connectivity index (χ3n) is 1.63. The molecule has 0 bridgehead atoms. The molecule has 0 radical (unpaired) electrons. The Hall–Kier alpha value is -0.860. The summed E-state index contributed by atoms with van der Waals surface area (Å²) in [6.07, 6.45) is 0. The molecule has 0 aromatic heterocycles. The van der Waals surface area contributed by atoms with Crippen molar-refractivity contribution in [1.82, 2.24) is 0 Å². The SMILES string of the molecule is CO.c1ccc2c(c1)COC2. The first-order valence-corrected chi connectivity index (χ1v) is 3.56. The van der Waals surface area contributed by atoms with Gasteiger partial charge in [-0.05, 0) is 11.1 Å². The van der Waals surface area contributed by atoms with E-state index in [2.05, 4.69) is 12.1 Å². The summed E-state index contributed by atoms with van der Waals surface area (Å²) in [5.74, 6) is 0. The average Bonchev–Trinajstić information content (AvgIpc) is 2.55. The van der Waals surface area contributed by atoms with Crippen LogP contribution in [0.15, 0.2) is 24.3 Å². The van der Waals surface area contributed by atoms with Gasteiger partial charge in [-0.3, -0.25) is 0 Å². The standard InChI is InChI=1S/C8H8O.CH4O/c1-2-4-8-6-9-5-7(8)3-1;1-2/h1-4H,5-6H2;2H,1H3. The van der Waals surface area contributed by atoms with Crippen LogP contribution >= 0.6 is 0 Å². The lowest BCUT2D eigenvalue weighted by molar-refractivity contribution is 0.134. The number of aliphatic hydroxyl groups excluding tert-OH is 1. The topological polar surface area (TPSA) is 29.5 Å². The highest BCUT2D eigenvalue weighted by molar-refractivity contribution is 5.27. The number of aliphatic hydroxyl groups is 1. The summed E-state index contributed by atoms with van der Waals surface area (Å²) in [5, 5.41) is 7.00. The molecule has 0 saturated carbocycles. The lowest BCUT2D eigenvalue weighted by Crippen LogP contribution is -1.77. The smallest absolute Gasteiger partial charge is 0.0724 e. The molecule has 2 nitrogen and oxygen atoms in total. The molecule has 0 fully saturated rings. The molecule has 0 spiro atoms. The van der Waals surface area contributed by atoms with E-state index in [9.17, 15) is 0 Å². The van der Waals surface area contributed by atoms with Crippen molar-refractivity contribution in [1.29, 1.82) is 0 Å². The third kappa shape index (κ3) is 1.79. The molecule has 0 atom stereocenters. The highest BCUT2D eigenvalue weighted by Gasteiger charge is 2.07. The van der Waals surface area contributed by atoms with Gasteiger partial charge in [0.25, 0.3) is 0 Å². The van der Waals surface area contributed by atoms with Gasteiger partial charge in [-0.25, -0.2) is 0 Å². The van der Waals surface area contributed by atoms with Crippen LogP contribution in [0.2, 0.25) is 0 Å². The number of fused-ring (bicyclic) bond motifs is 1. The fourth-order valence-electron chi connectivity index (χ4n) is 1.11. The fraction of sp³-hybridized carbons (Fsp3) is 0.333. The van der Waals surface area contributed by atoms with Crippen LogP contribution in [0.3, 0.4) is 0 Å². The van der Waals surface area contributed by atoms with E-state index >= 15 is 0 Å². The predicted molar refractivity (Wildman–Crippen MR) is 43.1 cm³/mol. The zero-order valence-corrected chi connectivity index (χ0v) is 6.58. The Bertz CT molecular complexity index is 198. The summed E-state index contributed by atoms with van der Waals surface area (Å²) < 4.78 is 5.21. The fourth-order valence-corrected chi connectivity index (χ4v) is 1.11. The van der Waals surface area contributed by atoms with Crippen molar-refractivity contribution in [2.75, 3.05) is 7.11 Å². The maximum Gasteiger partial charge on any atom is 0.0724 e. The minimum Gasteiger partial charge on any atom is -0.400 e. The summed E-state index contributed by atoms with van der Waals surface area (Å²) in [6, 6.07) is 8.33. The van der Waals surface area contributed by atoms with Gasteiger partial charge in [0.15, 0.2) is 0 Å². The number of ether oxygens (including phenoxy) is 1. The number of benzene rings is 1. The molecule has 11 heavy (non-hydrogen) atoms. The minimum atomic E-state index is 0.802. The highest BCUT2D eigenvalue weighted by Crippen LogP contribution is 2.17. The van der Waals surface area contributed by atoms with E-state index in [4.69, 9.17) is 9.84 Å². The molecular formula is C9H12O2. The van der Waals surface area contributed by atoms with E-state index in [0.717, 1.165) is 20.3 Å². The monoisotopic (exact) mass is 152 g/mol. The number of hydrogen-bond donors (Lipinski definition) is 1. The summed E-state index contributed by atoms with van der Waals surface area (Å²) in [7, 11) is 1.00. The van der Waals surface area contributed by atoms with Crippen molar-refractivity contribution < 1.29 is 9.84 Å². The van der Waals surface area contributed by atoms with Gasteiger partial charge in [-0.2, -0.15) is 0 Å². The lowest BCUT2D eigenvalue weighted by atomic mass is 10.1. The quantitative estimate of drug-likeness (QED) is 0.607. The maximum absolute atomic E-state index is 7.00. The van der Waals surface area contributed by atoms with E-state index in [1.807, 2.05) is 12.1 Å². The Morgan fingerprint density at radius 3 is 2.00 bits per heavy atom. The molecule has 0 unspecified atom stereocenters. The molecule has 1 aliphatic heterocycles. The largest absolute Gasteiger partial charge is 0.400 e. The number of rotatable bonds is 0. The second-order valence-electron chi connectivity index (χ2n) is 2.26. The summed E-state index contributed by atoms with van der Waals surface area (Å²) in [6.45, 7) is 1.60. The molecule has 0 saturated heterocycles. The Morgan fingerprint density at radius 2 is 1.55 bits per heavy atom. The van der Waals surface area contributed by atoms with Gasteiger partial charge in [-0.1, -0.05) is 24.3 Å². The highest BCUT2D eigenvalue weighted by atomic mass is 16.5. The van der Waals surface area contributed by atoms with Gasteiger partial charge in [0.2, 0.25) is 0 Å².